The third-order valence-electron chi connectivity index (χ3n) is 4.45. The number of nitrogens with two attached hydrogens (primary N) is 1. The maximum Gasteiger partial charge on any atom is 0.265 e. The minimum absolute atomic E-state index is 0.175. The van der Waals surface area contributed by atoms with Gasteiger partial charge in [0.25, 0.3) is 5.91 Å². The van der Waals surface area contributed by atoms with Crippen LogP contribution >= 0.6 is 0 Å². The average Bonchev–Trinajstić information content (AvgIpc) is 2.68. The van der Waals surface area contributed by atoms with E-state index < -0.39 is 12.1 Å². The van der Waals surface area contributed by atoms with Crippen molar-refractivity contribution in [2.75, 3.05) is 13.1 Å². The molecule has 0 bridgehead atoms. The van der Waals surface area contributed by atoms with Gasteiger partial charge in [0.2, 0.25) is 0 Å². The molecule has 2 rings (SSSR count). The van der Waals surface area contributed by atoms with E-state index in [0.29, 0.717) is 18.5 Å². The molecule has 0 radical (unpaired) electrons. The van der Waals surface area contributed by atoms with Crippen LogP contribution in [-0.4, -0.2) is 41.3 Å². The summed E-state index contributed by atoms with van der Waals surface area (Å²) < 4.78 is 0. The van der Waals surface area contributed by atoms with Crippen LogP contribution in [0.2, 0.25) is 0 Å². The van der Waals surface area contributed by atoms with Crippen molar-refractivity contribution >= 4 is 5.91 Å². The molecule has 1 amide bonds. The van der Waals surface area contributed by atoms with E-state index in [1.165, 1.54) is 0 Å². The second kappa shape index (κ2) is 10.1. The number of aliphatic hydroxyl groups excluding tert-OH is 1. The topological polar surface area (TPSA) is 78.6 Å². The van der Waals surface area contributed by atoms with E-state index in [0.717, 1.165) is 17.5 Å². The molecule has 0 aliphatic carbocycles. The zero-order valence-electron chi connectivity index (χ0n) is 15.6. The summed E-state index contributed by atoms with van der Waals surface area (Å²) in [5, 5.41) is 12.1. The highest BCUT2D eigenvalue weighted by molar-refractivity contribution is 5.94. The highest BCUT2D eigenvalue weighted by Crippen LogP contribution is 2.08. The van der Waals surface area contributed by atoms with Gasteiger partial charge in [-0.05, 0) is 36.1 Å². The summed E-state index contributed by atoms with van der Waals surface area (Å²) in [5.41, 5.74) is 11.8. The Morgan fingerprint density at radius 3 is 2.46 bits per heavy atom. The molecule has 0 fully saturated rings. The smallest absolute Gasteiger partial charge is 0.265 e. The lowest BCUT2D eigenvalue weighted by Gasteiger charge is -2.27. The second-order valence-electron chi connectivity index (χ2n) is 6.45. The van der Waals surface area contributed by atoms with Gasteiger partial charge in [-0.2, -0.15) is 0 Å². The van der Waals surface area contributed by atoms with Crippen LogP contribution in [0.15, 0.2) is 54.6 Å². The number of rotatable bonds is 9. The van der Waals surface area contributed by atoms with Crippen molar-refractivity contribution in [3.8, 4) is 0 Å². The van der Waals surface area contributed by atoms with Crippen molar-refractivity contribution < 1.29 is 9.90 Å². The first-order chi connectivity index (χ1) is 12.5. The number of hydrogen-bond acceptors (Lipinski definition) is 4. The summed E-state index contributed by atoms with van der Waals surface area (Å²) in [6.45, 7) is 4.84. The lowest BCUT2D eigenvalue weighted by Crippen LogP contribution is -2.50. The van der Waals surface area contributed by atoms with E-state index in [2.05, 4.69) is 12.3 Å². The first-order valence-corrected chi connectivity index (χ1v) is 9.15. The van der Waals surface area contributed by atoms with Gasteiger partial charge in [-0.25, -0.2) is 5.01 Å². The van der Waals surface area contributed by atoms with Gasteiger partial charge in [0.1, 0.15) is 0 Å². The van der Waals surface area contributed by atoms with Crippen LogP contribution in [0.1, 0.15) is 35.3 Å². The molecule has 5 heteroatoms. The molecule has 2 atom stereocenters. The molecular weight excluding hydrogens is 326 g/mol. The Labute approximate surface area is 155 Å². The molecule has 2 aromatic rings. The van der Waals surface area contributed by atoms with Gasteiger partial charge in [0, 0.05) is 24.7 Å². The van der Waals surface area contributed by atoms with Crippen molar-refractivity contribution in [1.29, 1.82) is 0 Å². The van der Waals surface area contributed by atoms with Crippen LogP contribution in [0.5, 0.6) is 0 Å². The number of carbonyl (C=O) groups is 1. The van der Waals surface area contributed by atoms with Gasteiger partial charge in [-0.1, -0.05) is 56.3 Å². The summed E-state index contributed by atoms with van der Waals surface area (Å²) in [5.74, 6) is -0.175. The Morgan fingerprint density at radius 2 is 1.81 bits per heavy atom. The minimum Gasteiger partial charge on any atom is -0.390 e. The monoisotopic (exact) mass is 355 g/mol. The van der Waals surface area contributed by atoms with Crippen molar-refractivity contribution in [2.45, 2.75) is 38.8 Å². The Balaban J connectivity index is 1.91. The van der Waals surface area contributed by atoms with E-state index in [1.807, 2.05) is 55.5 Å². The van der Waals surface area contributed by atoms with Gasteiger partial charge >= 0.3 is 0 Å². The van der Waals surface area contributed by atoms with Crippen LogP contribution in [0, 0.1) is 0 Å². The highest BCUT2D eigenvalue weighted by Gasteiger charge is 2.20. The Bertz CT molecular complexity index is 691. The molecule has 140 valence electrons. The molecule has 5 nitrogen and oxygen atoms in total. The lowest BCUT2D eigenvalue weighted by atomic mass is 10.0. The molecule has 0 saturated carbocycles. The zero-order valence-corrected chi connectivity index (χ0v) is 15.6. The fraction of sp³-hybridized carbons (Fsp3) is 0.381. The first-order valence-electron chi connectivity index (χ1n) is 9.15. The molecule has 0 saturated heterocycles. The van der Waals surface area contributed by atoms with Crippen LogP contribution in [-0.2, 0) is 12.8 Å². The Morgan fingerprint density at radius 1 is 1.12 bits per heavy atom. The lowest BCUT2D eigenvalue weighted by molar-refractivity contribution is 0.0550. The van der Waals surface area contributed by atoms with Crippen molar-refractivity contribution in [1.82, 2.24) is 10.4 Å². The summed E-state index contributed by atoms with van der Waals surface area (Å²) in [7, 11) is 0. The van der Waals surface area contributed by atoms with Gasteiger partial charge in [0.05, 0.1) is 6.10 Å². The van der Waals surface area contributed by atoms with E-state index in [-0.39, 0.29) is 12.5 Å². The minimum atomic E-state index is -0.738. The molecular formula is C21H29N3O2. The molecule has 0 aliphatic rings. The van der Waals surface area contributed by atoms with Crippen LogP contribution in [0.4, 0.5) is 0 Å². The van der Waals surface area contributed by atoms with Gasteiger partial charge in [0.15, 0.2) is 0 Å². The summed E-state index contributed by atoms with van der Waals surface area (Å²) in [6, 6.07) is 17.0. The molecule has 0 spiro atoms. The summed E-state index contributed by atoms with van der Waals surface area (Å²) in [6.07, 6.45) is 0.731. The van der Waals surface area contributed by atoms with Crippen molar-refractivity contribution in [2.24, 2.45) is 5.73 Å². The van der Waals surface area contributed by atoms with E-state index >= 15 is 0 Å². The molecule has 2 aromatic carbocycles. The fourth-order valence-electron chi connectivity index (χ4n) is 2.78. The third kappa shape index (κ3) is 5.95. The van der Waals surface area contributed by atoms with Crippen LogP contribution in [0.25, 0.3) is 0 Å². The largest absolute Gasteiger partial charge is 0.390 e. The van der Waals surface area contributed by atoms with Crippen molar-refractivity contribution in [3.63, 3.8) is 0 Å². The highest BCUT2D eigenvalue weighted by atomic mass is 16.3. The first kappa shape index (κ1) is 20.1. The predicted molar refractivity (Wildman–Crippen MR) is 105 cm³/mol. The zero-order chi connectivity index (χ0) is 18.9. The number of hydrogen-bond donors (Lipinski definition) is 3. The molecule has 26 heavy (non-hydrogen) atoms. The SMILES string of the molecule is CCc1cccc(C(=O)NN(CC)CC(O)C(N)Cc2ccccc2)c1. The number of aliphatic hydroxyl groups is 1. The molecule has 0 heterocycles. The maximum atomic E-state index is 12.5. The van der Waals surface area contributed by atoms with Gasteiger partial charge in [-0.3, -0.25) is 10.2 Å². The number of hydrazine groups is 1. The van der Waals surface area contributed by atoms with E-state index in [9.17, 15) is 9.90 Å². The third-order valence-corrected chi connectivity index (χ3v) is 4.45. The molecule has 4 N–H and O–H groups in total. The maximum absolute atomic E-state index is 12.5. The number of benzene rings is 2. The van der Waals surface area contributed by atoms with Crippen LogP contribution in [0.3, 0.4) is 0 Å². The van der Waals surface area contributed by atoms with Gasteiger partial charge in [-0.15, -0.1) is 0 Å². The standard InChI is InChI=1S/C21H29N3O2/c1-3-16-11-8-12-18(13-16)21(26)23-24(4-2)15-20(25)19(22)14-17-9-6-5-7-10-17/h5-13,19-20,25H,3-4,14-15,22H2,1-2H3,(H,23,26). The van der Waals surface area contributed by atoms with Crippen molar-refractivity contribution in [3.05, 3.63) is 71.3 Å². The Hall–Kier alpha value is -2.21. The summed E-state index contributed by atoms with van der Waals surface area (Å²) in [4.78, 5) is 12.5. The molecule has 0 aromatic heterocycles. The fourth-order valence-corrected chi connectivity index (χ4v) is 2.78. The number of aryl methyl sites for hydroxylation is 1. The number of nitrogens with one attached hydrogen (secondary N) is 1. The predicted octanol–water partition coefficient (Wildman–Crippen LogP) is 2.15. The average molecular weight is 355 g/mol. The molecule has 0 aliphatic heterocycles. The number of carbonyl (C=O) groups excluding carboxylic acids is 1. The van der Waals surface area contributed by atoms with Gasteiger partial charge < -0.3 is 10.8 Å². The second-order valence-corrected chi connectivity index (χ2v) is 6.45. The van der Waals surface area contributed by atoms with E-state index in [1.54, 1.807) is 11.1 Å². The normalized spacial score (nSPS) is 13.4. The van der Waals surface area contributed by atoms with Crippen LogP contribution < -0.4 is 11.2 Å². The summed E-state index contributed by atoms with van der Waals surface area (Å²) >= 11 is 0. The number of nitrogens with zero attached hydrogens (tertiary/aromatic N) is 1. The number of amides is 1. The molecule has 2 unspecified atom stereocenters. The van der Waals surface area contributed by atoms with E-state index in [4.69, 9.17) is 5.73 Å². The quantitative estimate of drug-likeness (QED) is 0.602. The number of likely N-dealkylation sites (N-methyl/N-ethyl adjacent to an activating group) is 1. The Kier molecular flexibility index (Phi) is 7.78.